The van der Waals surface area contributed by atoms with Crippen LogP contribution < -0.4 is 9.62 Å². The first-order valence-corrected chi connectivity index (χ1v) is 10.0. The van der Waals surface area contributed by atoms with Crippen LogP contribution in [0.2, 0.25) is 0 Å². The number of nitrogens with zero attached hydrogens (tertiary/aromatic N) is 1. The minimum Gasteiger partial charge on any atom is -0.379 e. The maximum Gasteiger partial charge on any atom is 0.240 e. The highest BCUT2D eigenvalue weighted by molar-refractivity contribution is 7.92. The maximum atomic E-state index is 12.0. The van der Waals surface area contributed by atoms with Gasteiger partial charge in [0.05, 0.1) is 18.0 Å². The second-order valence-electron chi connectivity index (χ2n) is 5.91. The highest BCUT2D eigenvalue weighted by Crippen LogP contribution is 2.18. The lowest BCUT2D eigenvalue weighted by molar-refractivity contribution is -0.119. The molecule has 24 heavy (non-hydrogen) atoms. The SMILES string of the molecule is CCc1ccc(N(CC(=O)NCCCOC(C)C)S(C)(=O)=O)cc1. The van der Waals surface area contributed by atoms with Crippen LogP contribution in [0.15, 0.2) is 24.3 Å². The Morgan fingerprint density at radius 3 is 2.38 bits per heavy atom. The molecule has 0 aromatic heterocycles. The van der Waals surface area contributed by atoms with Gasteiger partial charge in [-0.15, -0.1) is 0 Å². The summed E-state index contributed by atoms with van der Waals surface area (Å²) in [6.45, 7) is 6.72. The number of carbonyl (C=O) groups excluding carboxylic acids is 1. The van der Waals surface area contributed by atoms with E-state index in [9.17, 15) is 13.2 Å². The van der Waals surface area contributed by atoms with Crippen LogP contribution in [0.5, 0.6) is 0 Å². The molecular weight excluding hydrogens is 328 g/mol. The molecule has 0 fully saturated rings. The fourth-order valence-electron chi connectivity index (χ4n) is 2.10. The number of ether oxygens (including phenoxy) is 1. The van der Waals surface area contributed by atoms with Gasteiger partial charge in [0.15, 0.2) is 0 Å². The van der Waals surface area contributed by atoms with Gasteiger partial charge in [-0.25, -0.2) is 8.42 Å². The Labute approximate surface area is 145 Å². The summed E-state index contributed by atoms with van der Waals surface area (Å²) in [6.07, 6.45) is 2.82. The minimum atomic E-state index is -3.53. The number of amides is 1. The topological polar surface area (TPSA) is 75.7 Å². The molecule has 1 rings (SSSR count). The van der Waals surface area contributed by atoms with Crippen LogP contribution in [0, 0.1) is 0 Å². The zero-order chi connectivity index (χ0) is 18.2. The third kappa shape index (κ3) is 7.31. The molecule has 0 saturated heterocycles. The molecular formula is C17H28N2O4S. The van der Waals surface area contributed by atoms with Crippen LogP contribution in [-0.2, 0) is 26.0 Å². The number of nitrogens with one attached hydrogen (secondary N) is 1. The van der Waals surface area contributed by atoms with E-state index in [1.807, 2.05) is 32.9 Å². The van der Waals surface area contributed by atoms with Crippen LogP contribution in [0.3, 0.4) is 0 Å². The highest BCUT2D eigenvalue weighted by atomic mass is 32.2. The summed E-state index contributed by atoms with van der Waals surface area (Å²) in [5.74, 6) is -0.329. The first kappa shape index (κ1) is 20.4. The van der Waals surface area contributed by atoms with Crippen molar-refractivity contribution in [2.45, 2.75) is 39.7 Å². The molecule has 0 heterocycles. The highest BCUT2D eigenvalue weighted by Gasteiger charge is 2.20. The van der Waals surface area contributed by atoms with E-state index in [1.165, 1.54) is 0 Å². The van der Waals surface area contributed by atoms with E-state index in [4.69, 9.17) is 4.74 Å². The van der Waals surface area contributed by atoms with E-state index in [2.05, 4.69) is 5.32 Å². The number of hydrogen-bond acceptors (Lipinski definition) is 4. The van der Waals surface area contributed by atoms with Crippen LogP contribution >= 0.6 is 0 Å². The lowest BCUT2D eigenvalue weighted by Crippen LogP contribution is -2.40. The monoisotopic (exact) mass is 356 g/mol. The molecule has 1 aromatic rings. The summed E-state index contributed by atoms with van der Waals surface area (Å²) in [4.78, 5) is 12.0. The number of aryl methyl sites for hydroxylation is 1. The van der Waals surface area contributed by atoms with Crippen molar-refractivity contribution in [1.82, 2.24) is 5.32 Å². The van der Waals surface area contributed by atoms with Gasteiger partial charge in [0.25, 0.3) is 0 Å². The van der Waals surface area contributed by atoms with E-state index < -0.39 is 10.0 Å². The molecule has 0 aliphatic heterocycles. The van der Waals surface area contributed by atoms with Crippen LogP contribution in [0.25, 0.3) is 0 Å². The number of sulfonamides is 1. The maximum absolute atomic E-state index is 12.0. The first-order valence-electron chi connectivity index (χ1n) is 8.19. The van der Waals surface area contributed by atoms with Gasteiger partial charge >= 0.3 is 0 Å². The van der Waals surface area contributed by atoms with Crippen molar-refractivity contribution < 1.29 is 17.9 Å². The summed E-state index contributed by atoms with van der Waals surface area (Å²) >= 11 is 0. The Hall–Kier alpha value is -1.60. The number of anilines is 1. The van der Waals surface area contributed by atoms with Gasteiger partial charge < -0.3 is 10.1 Å². The second kappa shape index (κ2) is 9.64. The van der Waals surface area contributed by atoms with Crippen molar-refractivity contribution in [3.05, 3.63) is 29.8 Å². The van der Waals surface area contributed by atoms with Crippen molar-refractivity contribution in [3.63, 3.8) is 0 Å². The standard InChI is InChI=1S/C17H28N2O4S/c1-5-15-7-9-16(10-8-15)19(24(4,21)22)13-17(20)18-11-6-12-23-14(2)3/h7-10,14H,5-6,11-13H2,1-4H3,(H,18,20). The molecule has 0 radical (unpaired) electrons. The molecule has 6 nitrogen and oxygen atoms in total. The molecule has 0 atom stereocenters. The third-order valence-electron chi connectivity index (χ3n) is 3.41. The van der Waals surface area contributed by atoms with E-state index >= 15 is 0 Å². The lowest BCUT2D eigenvalue weighted by Gasteiger charge is -2.22. The Bertz CT molecular complexity index is 612. The van der Waals surface area contributed by atoms with Gasteiger partial charge in [0.1, 0.15) is 6.54 Å². The van der Waals surface area contributed by atoms with Gasteiger partial charge in [-0.05, 0) is 44.4 Å². The predicted molar refractivity (Wildman–Crippen MR) is 96.7 cm³/mol. The van der Waals surface area contributed by atoms with Crippen molar-refractivity contribution in [1.29, 1.82) is 0 Å². The lowest BCUT2D eigenvalue weighted by atomic mass is 10.1. The van der Waals surface area contributed by atoms with Crippen molar-refractivity contribution in [2.24, 2.45) is 0 Å². The number of carbonyl (C=O) groups is 1. The van der Waals surface area contributed by atoms with Crippen molar-refractivity contribution in [3.8, 4) is 0 Å². The molecule has 7 heteroatoms. The summed E-state index contributed by atoms with van der Waals surface area (Å²) in [7, 11) is -3.53. The van der Waals surface area contributed by atoms with Gasteiger partial charge in [-0.1, -0.05) is 19.1 Å². The average Bonchev–Trinajstić information content (AvgIpc) is 2.51. The molecule has 0 spiro atoms. The minimum absolute atomic E-state index is 0.160. The van der Waals surface area contributed by atoms with E-state index in [1.54, 1.807) is 12.1 Å². The van der Waals surface area contributed by atoms with Gasteiger partial charge in [0.2, 0.25) is 15.9 Å². The quantitative estimate of drug-likeness (QED) is 0.650. The van der Waals surface area contributed by atoms with Crippen LogP contribution in [0.1, 0.15) is 32.8 Å². The Morgan fingerprint density at radius 1 is 1.25 bits per heavy atom. The fourth-order valence-corrected chi connectivity index (χ4v) is 2.96. The molecule has 0 saturated carbocycles. The van der Waals surface area contributed by atoms with Crippen LogP contribution in [-0.4, -0.2) is 46.4 Å². The average molecular weight is 356 g/mol. The number of benzene rings is 1. The molecule has 1 amide bonds. The Morgan fingerprint density at radius 2 is 1.88 bits per heavy atom. The smallest absolute Gasteiger partial charge is 0.240 e. The van der Waals surface area contributed by atoms with Gasteiger partial charge in [0, 0.05) is 13.2 Å². The van der Waals surface area contributed by atoms with Crippen molar-refractivity contribution in [2.75, 3.05) is 30.3 Å². The molecule has 1 aromatic carbocycles. The first-order chi connectivity index (χ1) is 11.2. The van der Waals surface area contributed by atoms with Crippen molar-refractivity contribution >= 4 is 21.6 Å². The molecule has 0 aliphatic carbocycles. The predicted octanol–water partition coefficient (Wildman–Crippen LogP) is 1.95. The van der Waals surface area contributed by atoms with Gasteiger partial charge in [-0.2, -0.15) is 0 Å². The molecule has 0 bridgehead atoms. The number of hydrogen-bond donors (Lipinski definition) is 1. The largest absolute Gasteiger partial charge is 0.379 e. The second-order valence-corrected chi connectivity index (χ2v) is 7.82. The molecule has 0 unspecified atom stereocenters. The van der Waals surface area contributed by atoms with Crippen LogP contribution in [0.4, 0.5) is 5.69 Å². The molecule has 1 N–H and O–H groups in total. The Balaban J connectivity index is 2.61. The zero-order valence-electron chi connectivity index (χ0n) is 14.9. The normalized spacial score (nSPS) is 11.5. The van der Waals surface area contributed by atoms with E-state index in [-0.39, 0.29) is 18.6 Å². The summed E-state index contributed by atoms with van der Waals surface area (Å²) in [6, 6.07) is 7.19. The fraction of sp³-hybridized carbons (Fsp3) is 0.588. The van der Waals surface area contributed by atoms with E-state index in [0.29, 0.717) is 25.3 Å². The summed E-state index contributed by atoms with van der Waals surface area (Å²) in [5, 5.41) is 2.73. The number of rotatable bonds is 10. The Kier molecular flexibility index (Phi) is 8.21. The van der Waals surface area contributed by atoms with Gasteiger partial charge in [-0.3, -0.25) is 9.10 Å². The third-order valence-corrected chi connectivity index (χ3v) is 4.56. The summed E-state index contributed by atoms with van der Waals surface area (Å²) < 4.78 is 30.5. The van der Waals surface area contributed by atoms with E-state index in [0.717, 1.165) is 22.5 Å². The molecule has 136 valence electrons. The molecule has 0 aliphatic rings. The summed E-state index contributed by atoms with van der Waals surface area (Å²) in [5.41, 5.74) is 1.61. The zero-order valence-corrected chi connectivity index (χ0v) is 15.7.